The number of ether oxygens (including phenoxy) is 1. The zero-order chi connectivity index (χ0) is 20.5. The lowest BCUT2D eigenvalue weighted by Crippen LogP contribution is -2.48. The molecule has 0 radical (unpaired) electrons. The Morgan fingerprint density at radius 3 is 2.41 bits per heavy atom. The summed E-state index contributed by atoms with van der Waals surface area (Å²) < 4.78 is 10.7. The van der Waals surface area contributed by atoms with Gasteiger partial charge in [-0.1, -0.05) is 26.0 Å². The molecule has 0 fully saturated rings. The Morgan fingerprint density at radius 1 is 1.14 bits per heavy atom. The van der Waals surface area contributed by atoms with Gasteiger partial charge in [0.05, 0.1) is 23.1 Å². The normalized spacial score (nSPS) is 14.4. The molecule has 0 N–H and O–H groups in total. The molecule has 0 spiro atoms. The van der Waals surface area contributed by atoms with Crippen LogP contribution in [0.5, 0.6) is 0 Å². The Hall–Kier alpha value is -3.26. The molecule has 1 atom stereocenters. The number of hydrogen-bond acceptors (Lipinski definition) is 7. The zero-order valence-electron chi connectivity index (χ0n) is 15.8. The van der Waals surface area contributed by atoms with Crippen LogP contribution in [0.2, 0.25) is 0 Å². The van der Waals surface area contributed by atoms with Crippen molar-refractivity contribution in [1.29, 1.82) is 0 Å². The predicted molar refractivity (Wildman–Crippen MR) is 105 cm³/mol. The van der Waals surface area contributed by atoms with E-state index in [2.05, 4.69) is 4.98 Å². The van der Waals surface area contributed by atoms with Gasteiger partial charge in [0.15, 0.2) is 10.8 Å². The Balaban J connectivity index is 1.49. The molecule has 0 saturated carbocycles. The number of amides is 2. The van der Waals surface area contributed by atoms with Gasteiger partial charge in [-0.25, -0.2) is 9.78 Å². The molecule has 29 heavy (non-hydrogen) atoms. The van der Waals surface area contributed by atoms with Crippen LogP contribution in [0.25, 0.3) is 10.8 Å². The summed E-state index contributed by atoms with van der Waals surface area (Å²) in [6, 6.07) is 9.11. The van der Waals surface area contributed by atoms with Crippen LogP contribution in [-0.4, -0.2) is 33.7 Å². The molecule has 1 aliphatic heterocycles. The Kier molecular flexibility index (Phi) is 5.02. The highest BCUT2D eigenvalue weighted by atomic mass is 32.1. The summed E-state index contributed by atoms with van der Waals surface area (Å²) in [5, 5.41) is 2.46. The quantitative estimate of drug-likeness (QED) is 0.454. The fourth-order valence-electron chi connectivity index (χ4n) is 3.25. The maximum atomic E-state index is 12.8. The van der Waals surface area contributed by atoms with E-state index in [0.717, 1.165) is 4.90 Å². The Bertz CT molecular complexity index is 1040. The second-order valence-electron chi connectivity index (χ2n) is 6.94. The summed E-state index contributed by atoms with van der Waals surface area (Å²) in [5.41, 5.74) is 1.18. The Morgan fingerprint density at radius 2 is 1.83 bits per heavy atom. The van der Waals surface area contributed by atoms with Gasteiger partial charge in [-0.2, -0.15) is 0 Å². The van der Waals surface area contributed by atoms with E-state index >= 15 is 0 Å². The van der Waals surface area contributed by atoms with Gasteiger partial charge >= 0.3 is 5.97 Å². The van der Waals surface area contributed by atoms with Gasteiger partial charge in [0.2, 0.25) is 0 Å². The highest BCUT2D eigenvalue weighted by Crippen LogP contribution is 2.28. The molecule has 0 aliphatic carbocycles. The number of rotatable bonds is 6. The van der Waals surface area contributed by atoms with Gasteiger partial charge in [-0.3, -0.25) is 14.5 Å². The first-order valence-electron chi connectivity index (χ1n) is 9.09. The maximum Gasteiger partial charge on any atom is 0.330 e. The molecule has 0 unspecified atom stereocenters. The molecule has 4 rings (SSSR count). The van der Waals surface area contributed by atoms with Crippen LogP contribution >= 0.6 is 11.3 Å². The van der Waals surface area contributed by atoms with E-state index in [1.54, 1.807) is 61.9 Å². The minimum atomic E-state index is -1.01. The molecule has 7 nitrogen and oxygen atoms in total. The molecule has 0 saturated heterocycles. The van der Waals surface area contributed by atoms with E-state index < -0.39 is 23.8 Å². The number of fused-ring (bicyclic) bond motifs is 1. The third kappa shape index (κ3) is 3.47. The monoisotopic (exact) mass is 410 g/mol. The van der Waals surface area contributed by atoms with Crippen LogP contribution in [0.3, 0.4) is 0 Å². The molecule has 3 aromatic rings. The zero-order valence-corrected chi connectivity index (χ0v) is 16.6. The minimum absolute atomic E-state index is 0.0531. The topological polar surface area (TPSA) is 89.7 Å². The molecule has 1 aromatic carbocycles. The van der Waals surface area contributed by atoms with Crippen molar-refractivity contribution in [2.24, 2.45) is 5.92 Å². The number of carbonyl (C=O) groups excluding carboxylic acids is 3. The van der Waals surface area contributed by atoms with Gasteiger partial charge in [0.1, 0.15) is 12.6 Å². The summed E-state index contributed by atoms with van der Waals surface area (Å²) in [4.78, 5) is 43.7. The lowest BCUT2D eigenvalue weighted by molar-refractivity contribution is -0.151. The van der Waals surface area contributed by atoms with E-state index in [1.165, 1.54) is 11.3 Å². The molecular weight excluding hydrogens is 392 g/mol. The molecule has 2 amide bonds. The number of nitrogens with zero attached hydrogens (tertiary/aromatic N) is 2. The average Bonchev–Trinajstić information content (AvgIpc) is 3.44. The van der Waals surface area contributed by atoms with Gasteiger partial charge in [0.25, 0.3) is 11.8 Å². The molecule has 2 aromatic heterocycles. The lowest BCUT2D eigenvalue weighted by Gasteiger charge is -2.27. The van der Waals surface area contributed by atoms with Crippen molar-refractivity contribution in [3.8, 4) is 10.8 Å². The fraction of sp³-hybridized carbons (Fsp3) is 0.238. The van der Waals surface area contributed by atoms with Crippen molar-refractivity contribution in [3.05, 3.63) is 64.9 Å². The second kappa shape index (κ2) is 7.63. The smallest absolute Gasteiger partial charge is 0.330 e. The van der Waals surface area contributed by atoms with Crippen LogP contribution in [0.15, 0.2) is 52.5 Å². The molecule has 1 aliphatic rings. The summed E-state index contributed by atoms with van der Waals surface area (Å²) in [6.07, 6.45) is 1.56. The third-order valence-corrected chi connectivity index (χ3v) is 5.53. The largest absolute Gasteiger partial charge is 0.462 e. The molecule has 0 bridgehead atoms. The summed E-state index contributed by atoms with van der Waals surface area (Å²) >= 11 is 1.38. The number of aromatic nitrogens is 1. The number of imide groups is 1. The summed E-state index contributed by atoms with van der Waals surface area (Å²) in [5.74, 6) is -1.26. The maximum absolute atomic E-state index is 12.8. The van der Waals surface area contributed by atoms with Crippen LogP contribution in [0, 0.1) is 5.92 Å². The van der Waals surface area contributed by atoms with Crippen LogP contribution in [-0.2, 0) is 16.1 Å². The first-order chi connectivity index (χ1) is 14.0. The predicted octanol–water partition coefficient (Wildman–Crippen LogP) is 3.77. The van der Waals surface area contributed by atoms with Crippen LogP contribution < -0.4 is 0 Å². The number of carbonyl (C=O) groups is 3. The number of thiazole rings is 1. The van der Waals surface area contributed by atoms with Crippen LogP contribution in [0.1, 0.15) is 40.3 Å². The number of benzene rings is 1. The third-order valence-electron chi connectivity index (χ3n) is 4.62. The van der Waals surface area contributed by atoms with Crippen molar-refractivity contribution in [3.63, 3.8) is 0 Å². The minimum Gasteiger partial charge on any atom is -0.462 e. The van der Waals surface area contributed by atoms with Crippen molar-refractivity contribution in [2.75, 3.05) is 0 Å². The number of furan rings is 1. The first-order valence-corrected chi connectivity index (χ1v) is 9.97. The number of esters is 1. The lowest BCUT2D eigenvalue weighted by atomic mass is 10.0. The van der Waals surface area contributed by atoms with Gasteiger partial charge < -0.3 is 9.15 Å². The van der Waals surface area contributed by atoms with Gasteiger partial charge in [0, 0.05) is 5.38 Å². The summed E-state index contributed by atoms with van der Waals surface area (Å²) in [7, 11) is 0. The van der Waals surface area contributed by atoms with E-state index in [9.17, 15) is 14.4 Å². The SMILES string of the molecule is CC(C)[C@@H](C(=O)OCc1csc(-c2ccco2)n1)N1C(=O)c2ccccc2C1=O. The van der Waals surface area contributed by atoms with Crippen LogP contribution in [0.4, 0.5) is 0 Å². The van der Waals surface area contributed by atoms with E-state index in [4.69, 9.17) is 9.15 Å². The average molecular weight is 410 g/mol. The number of hydrogen-bond donors (Lipinski definition) is 0. The second-order valence-corrected chi connectivity index (χ2v) is 7.80. The Labute approximate surface area is 170 Å². The van der Waals surface area contributed by atoms with Gasteiger partial charge in [-0.15, -0.1) is 11.3 Å². The molecule has 8 heteroatoms. The molecular formula is C21H18N2O5S. The van der Waals surface area contributed by atoms with Crippen molar-refractivity contribution in [1.82, 2.24) is 9.88 Å². The highest BCUT2D eigenvalue weighted by molar-refractivity contribution is 7.13. The fourth-order valence-corrected chi connectivity index (χ4v) is 4.02. The molecule has 148 valence electrons. The van der Waals surface area contributed by atoms with E-state index in [1.807, 2.05) is 0 Å². The standard InChI is InChI=1S/C21H18N2O5S/c1-12(2)17(23-19(24)14-6-3-4-7-15(14)20(23)25)21(26)28-10-13-11-29-18(22-13)16-8-5-9-27-16/h3-9,11-12,17H,10H2,1-2H3/t17-/m0/s1. The summed E-state index contributed by atoms with van der Waals surface area (Å²) in [6.45, 7) is 3.49. The molecule has 3 heterocycles. The van der Waals surface area contributed by atoms with E-state index in [0.29, 0.717) is 27.6 Å². The first kappa shape index (κ1) is 19.1. The van der Waals surface area contributed by atoms with E-state index in [-0.39, 0.29) is 12.5 Å². The van der Waals surface area contributed by atoms with Crippen molar-refractivity contribution < 1.29 is 23.5 Å². The highest BCUT2D eigenvalue weighted by Gasteiger charge is 2.44. The van der Waals surface area contributed by atoms with Crippen molar-refractivity contribution in [2.45, 2.75) is 26.5 Å². The van der Waals surface area contributed by atoms with Gasteiger partial charge in [-0.05, 0) is 30.2 Å². The van der Waals surface area contributed by atoms with Crippen molar-refractivity contribution >= 4 is 29.1 Å².